The van der Waals surface area contributed by atoms with Crippen molar-refractivity contribution in [3.63, 3.8) is 0 Å². The van der Waals surface area contributed by atoms with Gasteiger partial charge in [0.15, 0.2) is 17.2 Å². The van der Waals surface area contributed by atoms with Gasteiger partial charge < -0.3 is 9.30 Å². The molecule has 0 saturated heterocycles. The van der Waals surface area contributed by atoms with Gasteiger partial charge in [0.2, 0.25) is 5.88 Å². The van der Waals surface area contributed by atoms with Crippen molar-refractivity contribution < 1.29 is 4.74 Å². The fourth-order valence-electron chi connectivity index (χ4n) is 2.46. The quantitative estimate of drug-likeness (QED) is 0.634. The van der Waals surface area contributed by atoms with E-state index in [0.29, 0.717) is 22.6 Å². The maximum Gasteiger partial charge on any atom is 0.214 e. The predicted octanol–water partition coefficient (Wildman–Crippen LogP) is 4.61. The molecule has 7 heteroatoms. The lowest BCUT2D eigenvalue weighted by atomic mass is 10.1. The van der Waals surface area contributed by atoms with Crippen LogP contribution in [0.2, 0.25) is 5.02 Å². The van der Waals surface area contributed by atoms with E-state index >= 15 is 0 Å². The molecule has 0 aliphatic rings. The number of aromatic nitrogens is 4. The monoisotopic (exact) mass is 406 g/mol. The first kappa shape index (κ1) is 16.9. The zero-order valence-corrected chi connectivity index (χ0v) is 15.8. The summed E-state index contributed by atoms with van der Waals surface area (Å²) in [5.74, 6) is 1.89. The number of benzene rings is 1. The fourth-order valence-corrected chi connectivity index (χ4v) is 2.92. The molecule has 0 spiro atoms. The van der Waals surface area contributed by atoms with E-state index in [-0.39, 0.29) is 0 Å². The van der Waals surface area contributed by atoms with Crippen LogP contribution in [0, 0.1) is 0 Å². The van der Waals surface area contributed by atoms with Gasteiger partial charge in [0.05, 0.1) is 5.02 Å². The second-order valence-electron chi connectivity index (χ2n) is 5.81. The third-order valence-electron chi connectivity index (χ3n) is 3.59. The second kappa shape index (κ2) is 6.53. The predicted molar refractivity (Wildman–Crippen MR) is 97.0 cm³/mol. The largest absolute Gasteiger partial charge is 0.463 e. The Morgan fingerprint density at radius 3 is 2.54 bits per heavy atom. The molecule has 0 bridgehead atoms. The van der Waals surface area contributed by atoms with Gasteiger partial charge in [-0.3, -0.25) is 0 Å². The van der Waals surface area contributed by atoms with E-state index in [1.54, 1.807) is 12.3 Å². The molecule has 0 aliphatic heterocycles. The van der Waals surface area contributed by atoms with E-state index in [0.717, 1.165) is 10.0 Å². The summed E-state index contributed by atoms with van der Waals surface area (Å²) in [6.07, 6.45) is 1.69. The van der Waals surface area contributed by atoms with Crippen LogP contribution in [-0.4, -0.2) is 19.7 Å². The maximum atomic E-state index is 6.27. The molecule has 0 aliphatic carbocycles. The molecule has 2 aromatic heterocycles. The Hall–Kier alpha value is -1.92. The molecule has 1 aromatic carbocycles. The summed E-state index contributed by atoms with van der Waals surface area (Å²) in [6, 6.07) is 11.2. The number of ether oxygens (including phenoxy) is 1. The molecular formula is C17H16BrClN4O. The molecule has 0 N–H and O–H groups in total. The molecular weight excluding hydrogens is 392 g/mol. The van der Waals surface area contributed by atoms with Gasteiger partial charge in [0, 0.05) is 29.3 Å². The number of pyridine rings is 1. The third kappa shape index (κ3) is 3.30. The van der Waals surface area contributed by atoms with E-state index < -0.39 is 5.60 Å². The van der Waals surface area contributed by atoms with Crippen LogP contribution in [-0.2, 0) is 12.6 Å². The molecule has 3 aromatic rings. The zero-order valence-electron chi connectivity index (χ0n) is 13.5. The van der Waals surface area contributed by atoms with Crippen LogP contribution in [0.25, 0.3) is 11.4 Å². The molecule has 3 rings (SSSR count). The summed E-state index contributed by atoms with van der Waals surface area (Å²) >= 11 is 9.63. The van der Waals surface area contributed by atoms with Gasteiger partial charge in [0.1, 0.15) is 0 Å². The summed E-state index contributed by atoms with van der Waals surface area (Å²) in [6.45, 7) is 3.86. The minimum absolute atomic E-state index is 0.519. The number of hydrogen-bond acceptors (Lipinski definition) is 4. The maximum absolute atomic E-state index is 6.27. The van der Waals surface area contributed by atoms with Gasteiger partial charge in [-0.2, -0.15) is 0 Å². The number of hydrogen-bond donors (Lipinski definition) is 0. The van der Waals surface area contributed by atoms with Gasteiger partial charge in [-0.15, -0.1) is 10.2 Å². The average Bonchev–Trinajstić information content (AvgIpc) is 2.92. The lowest BCUT2D eigenvalue weighted by Crippen LogP contribution is -2.29. The number of nitrogens with zero attached hydrogens (tertiary/aromatic N) is 4. The average molecular weight is 408 g/mol. The SMILES string of the molecule is Cn1c(-c2ccccc2Cl)nnc1C(C)(C)Oc1ccc(Br)cn1. The fraction of sp³-hybridized carbons (Fsp3) is 0.235. The summed E-state index contributed by atoms with van der Waals surface area (Å²) < 4.78 is 8.80. The van der Waals surface area contributed by atoms with Gasteiger partial charge in [0.25, 0.3) is 0 Å². The van der Waals surface area contributed by atoms with E-state index in [4.69, 9.17) is 16.3 Å². The molecule has 124 valence electrons. The number of rotatable bonds is 4. The lowest BCUT2D eigenvalue weighted by Gasteiger charge is -2.24. The van der Waals surface area contributed by atoms with Crippen LogP contribution < -0.4 is 4.74 Å². The Labute approximate surface area is 153 Å². The van der Waals surface area contributed by atoms with Crippen LogP contribution in [0.4, 0.5) is 0 Å². The molecule has 5 nitrogen and oxygen atoms in total. The normalized spacial score (nSPS) is 11.5. The highest BCUT2D eigenvalue weighted by Gasteiger charge is 2.30. The van der Waals surface area contributed by atoms with Crippen molar-refractivity contribution in [1.29, 1.82) is 0 Å². The zero-order chi connectivity index (χ0) is 17.3. The lowest BCUT2D eigenvalue weighted by molar-refractivity contribution is 0.0889. The van der Waals surface area contributed by atoms with Crippen molar-refractivity contribution in [3.05, 3.63) is 57.9 Å². The summed E-state index contributed by atoms with van der Waals surface area (Å²) in [4.78, 5) is 4.25. The first-order chi connectivity index (χ1) is 11.4. The third-order valence-corrected chi connectivity index (χ3v) is 4.39. The van der Waals surface area contributed by atoms with Crippen molar-refractivity contribution in [2.24, 2.45) is 7.05 Å². The van der Waals surface area contributed by atoms with Gasteiger partial charge in [-0.1, -0.05) is 23.7 Å². The van der Waals surface area contributed by atoms with E-state index in [2.05, 4.69) is 31.1 Å². The molecule has 0 fully saturated rings. The second-order valence-corrected chi connectivity index (χ2v) is 7.14. The summed E-state index contributed by atoms with van der Waals surface area (Å²) in [5, 5.41) is 9.23. The van der Waals surface area contributed by atoms with Crippen LogP contribution >= 0.6 is 27.5 Å². The summed E-state index contributed by atoms with van der Waals surface area (Å²) in [5.41, 5.74) is 0.125. The molecule has 0 atom stereocenters. The Morgan fingerprint density at radius 1 is 1.12 bits per heavy atom. The first-order valence-electron chi connectivity index (χ1n) is 7.34. The molecule has 2 heterocycles. The van der Waals surface area contributed by atoms with Crippen molar-refractivity contribution in [1.82, 2.24) is 19.7 Å². The molecule has 24 heavy (non-hydrogen) atoms. The van der Waals surface area contributed by atoms with Crippen molar-refractivity contribution in [2.75, 3.05) is 0 Å². The Kier molecular flexibility index (Phi) is 4.60. The molecule has 0 saturated carbocycles. The minimum atomic E-state index is -0.706. The standard InChI is InChI=1S/C17H16BrClN4O/c1-17(2,24-14-9-8-11(18)10-20-14)16-22-21-15(23(16)3)12-6-4-5-7-13(12)19/h4-10H,1-3H3. The smallest absolute Gasteiger partial charge is 0.214 e. The molecule has 0 unspecified atom stereocenters. The molecule has 0 amide bonds. The first-order valence-corrected chi connectivity index (χ1v) is 8.51. The van der Waals surface area contributed by atoms with Gasteiger partial charge in [-0.25, -0.2) is 4.98 Å². The Morgan fingerprint density at radius 2 is 1.88 bits per heavy atom. The van der Waals surface area contributed by atoms with E-state index in [1.165, 1.54) is 0 Å². The van der Waals surface area contributed by atoms with Crippen LogP contribution in [0.3, 0.4) is 0 Å². The highest BCUT2D eigenvalue weighted by Crippen LogP contribution is 2.30. The Bertz CT molecular complexity index is 861. The Balaban J connectivity index is 1.94. The van der Waals surface area contributed by atoms with Crippen LogP contribution in [0.5, 0.6) is 5.88 Å². The van der Waals surface area contributed by atoms with E-state index in [1.807, 2.05) is 55.8 Å². The van der Waals surface area contributed by atoms with Gasteiger partial charge >= 0.3 is 0 Å². The number of halogens is 2. The van der Waals surface area contributed by atoms with E-state index in [9.17, 15) is 0 Å². The van der Waals surface area contributed by atoms with Crippen LogP contribution in [0.1, 0.15) is 19.7 Å². The van der Waals surface area contributed by atoms with Crippen molar-refractivity contribution >= 4 is 27.5 Å². The molecule has 0 radical (unpaired) electrons. The van der Waals surface area contributed by atoms with Crippen molar-refractivity contribution in [2.45, 2.75) is 19.4 Å². The van der Waals surface area contributed by atoms with Gasteiger partial charge in [-0.05, 0) is 48.0 Å². The highest BCUT2D eigenvalue weighted by molar-refractivity contribution is 9.10. The summed E-state index contributed by atoms with van der Waals surface area (Å²) in [7, 11) is 1.90. The topological polar surface area (TPSA) is 52.8 Å². The van der Waals surface area contributed by atoms with Crippen molar-refractivity contribution in [3.8, 4) is 17.3 Å². The van der Waals surface area contributed by atoms with Crippen LogP contribution in [0.15, 0.2) is 47.1 Å². The highest BCUT2D eigenvalue weighted by atomic mass is 79.9. The minimum Gasteiger partial charge on any atom is -0.463 e.